The second-order valence-electron chi connectivity index (χ2n) is 7.24. The molecule has 1 fully saturated rings. The average Bonchev–Trinajstić information content (AvgIpc) is 2.62. The largest absolute Gasteiger partial charge is 0.396 e. The first-order valence-corrected chi connectivity index (χ1v) is 8.54. The number of hydrogen-bond acceptors (Lipinski definition) is 3. The number of carbonyl (C=O) groups excluding carboxylic acids is 1. The zero-order valence-electron chi connectivity index (χ0n) is 14.8. The van der Waals surface area contributed by atoms with Gasteiger partial charge in [-0.3, -0.25) is 0 Å². The Hall–Kier alpha value is -2.06. The summed E-state index contributed by atoms with van der Waals surface area (Å²) in [6.45, 7) is 7.36. The Morgan fingerprint density at radius 3 is 2.38 bits per heavy atom. The predicted molar refractivity (Wildman–Crippen MR) is 94.7 cm³/mol. The zero-order valence-corrected chi connectivity index (χ0v) is 14.8. The fraction of sp³-hybridized carbons (Fsp3) is 0.579. The van der Waals surface area contributed by atoms with E-state index < -0.39 is 5.41 Å². The number of benzene rings is 1. The maximum atomic E-state index is 12.4. The van der Waals surface area contributed by atoms with Crippen molar-refractivity contribution in [1.29, 1.82) is 5.26 Å². The molecular formula is C19H27N3O2. The molecule has 1 aliphatic rings. The molecule has 0 bridgehead atoms. The number of aliphatic hydroxyl groups is 1. The maximum absolute atomic E-state index is 12.4. The second-order valence-corrected chi connectivity index (χ2v) is 7.24. The Kier molecular flexibility index (Phi) is 5.51. The highest BCUT2D eigenvalue weighted by Gasteiger charge is 2.33. The standard InChI is InChI=1S/C19H27N3O2/c1-4-19(14-23)9-11-22(12-10-19)17(24)21-16-7-5-15(6-8-16)18(2,3)13-20/h5-8,23H,4,9-12,14H2,1-3H3,(H,21,24). The first-order valence-electron chi connectivity index (χ1n) is 8.54. The van der Waals surface area contributed by atoms with Crippen molar-refractivity contribution in [2.45, 2.75) is 45.4 Å². The molecule has 0 radical (unpaired) electrons. The predicted octanol–water partition coefficient (Wildman–Crippen LogP) is 3.50. The summed E-state index contributed by atoms with van der Waals surface area (Å²) < 4.78 is 0. The molecule has 0 aliphatic carbocycles. The number of carbonyl (C=O) groups is 1. The van der Waals surface area contributed by atoms with Gasteiger partial charge in [-0.2, -0.15) is 5.26 Å². The Morgan fingerprint density at radius 2 is 1.92 bits per heavy atom. The summed E-state index contributed by atoms with van der Waals surface area (Å²) in [6, 6.07) is 9.59. The van der Waals surface area contributed by atoms with Gasteiger partial charge in [-0.25, -0.2) is 4.79 Å². The van der Waals surface area contributed by atoms with Crippen molar-refractivity contribution in [3.05, 3.63) is 29.8 Å². The lowest BCUT2D eigenvalue weighted by atomic mass is 9.77. The van der Waals surface area contributed by atoms with Crippen molar-refractivity contribution >= 4 is 11.7 Å². The van der Waals surface area contributed by atoms with Crippen LogP contribution in [0.15, 0.2) is 24.3 Å². The van der Waals surface area contributed by atoms with Gasteiger partial charge in [0.25, 0.3) is 0 Å². The van der Waals surface area contributed by atoms with Crippen LogP contribution in [-0.2, 0) is 5.41 Å². The SMILES string of the molecule is CCC1(CO)CCN(C(=O)Nc2ccc(C(C)(C)C#N)cc2)CC1. The third-order valence-electron chi connectivity index (χ3n) is 5.33. The van der Waals surface area contributed by atoms with E-state index in [1.54, 1.807) is 4.90 Å². The topological polar surface area (TPSA) is 76.4 Å². The monoisotopic (exact) mass is 329 g/mol. The van der Waals surface area contributed by atoms with E-state index in [2.05, 4.69) is 18.3 Å². The van der Waals surface area contributed by atoms with E-state index in [9.17, 15) is 15.2 Å². The van der Waals surface area contributed by atoms with Crippen molar-refractivity contribution < 1.29 is 9.90 Å². The molecule has 0 aromatic heterocycles. The summed E-state index contributed by atoms with van der Waals surface area (Å²) in [5.41, 5.74) is 1.09. The van der Waals surface area contributed by atoms with Crippen molar-refractivity contribution in [1.82, 2.24) is 4.90 Å². The molecule has 0 atom stereocenters. The molecule has 1 aliphatic heterocycles. The van der Waals surface area contributed by atoms with Crippen LogP contribution in [0, 0.1) is 16.7 Å². The summed E-state index contributed by atoms with van der Waals surface area (Å²) >= 11 is 0. The molecule has 0 saturated carbocycles. The van der Waals surface area contributed by atoms with Crippen LogP contribution in [0.4, 0.5) is 10.5 Å². The average molecular weight is 329 g/mol. The van der Waals surface area contributed by atoms with Gasteiger partial charge >= 0.3 is 6.03 Å². The first kappa shape index (κ1) is 18.3. The minimum Gasteiger partial charge on any atom is -0.396 e. The number of rotatable bonds is 4. The number of piperidine rings is 1. The van der Waals surface area contributed by atoms with Crippen LogP contribution in [-0.4, -0.2) is 35.7 Å². The molecule has 130 valence electrons. The van der Waals surface area contributed by atoms with Gasteiger partial charge in [-0.15, -0.1) is 0 Å². The van der Waals surface area contributed by atoms with Gasteiger partial charge in [0, 0.05) is 25.4 Å². The number of nitriles is 1. The molecule has 2 N–H and O–H groups in total. The van der Waals surface area contributed by atoms with Crippen LogP contribution in [0.2, 0.25) is 0 Å². The van der Waals surface area contributed by atoms with Gasteiger partial charge in [-0.1, -0.05) is 19.1 Å². The summed E-state index contributed by atoms with van der Waals surface area (Å²) in [7, 11) is 0. The Bertz CT molecular complexity index is 602. The van der Waals surface area contributed by atoms with Crippen molar-refractivity contribution in [2.24, 2.45) is 5.41 Å². The minimum atomic E-state index is -0.539. The third kappa shape index (κ3) is 3.88. The molecular weight excluding hydrogens is 302 g/mol. The summed E-state index contributed by atoms with van der Waals surface area (Å²) in [5, 5.41) is 21.7. The van der Waals surface area contributed by atoms with E-state index >= 15 is 0 Å². The zero-order chi connectivity index (χ0) is 17.8. The molecule has 2 rings (SSSR count). The van der Waals surface area contributed by atoms with Gasteiger partial charge in [-0.05, 0) is 56.2 Å². The van der Waals surface area contributed by atoms with E-state index in [0.717, 1.165) is 30.5 Å². The van der Waals surface area contributed by atoms with E-state index in [-0.39, 0.29) is 18.1 Å². The fourth-order valence-electron chi connectivity index (χ4n) is 3.04. The summed E-state index contributed by atoms with van der Waals surface area (Å²) in [6.07, 6.45) is 2.61. The van der Waals surface area contributed by atoms with Crippen molar-refractivity contribution in [3.63, 3.8) is 0 Å². The van der Waals surface area contributed by atoms with Crippen molar-refractivity contribution in [3.8, 4) is 6.07 Å². The van der Waals surface area contributed by atoms with E-state index in [1.165, 1.54) is 0 Å². The number of aliphatic hydroxyl groups excluding tert-OH is 1. The Labute approximate surface area is 144 Å². The van der Waals surface area contributed by atoms with Gasteiger partial charge in [0.2, 0.25) is 0 Å². The third-order valence-corrected chi connectivity index (χ3v) is 5.33. The molecule has 0 spiro atoms. The number of likely N-dealkylation sites (tertiary alicyclic amines) is 1. The normalized spacial score (nSPS) is 17.2. The molecule has 0 unspecified atom stereocenters. The lowest BCUT2D eigenvalue weighted by Gasteiger charge is -2.40. The number of hydrogen-bond donors (Lipinski definition) is 2. The second kappa shape index (κ2) is 7.23. The quantitative estimate of drug-likeness (QED) is 0.887. The Balaban J connectivity index is 1.95. The van der Waals surface area contributed by atoms with Crippen LogP contribution in [0.1, 0.15) is 45.6 Å². The molecule has 1 saturated heterocycles. The summed E-state index contributed by atoms with van der Waals surface area (Å²) in [4.78, 5) is 14.2. The molecule has 5 nitrogen and oxygen atoms in total. The molecule has 2 amide bonds. The first-order chi connectivity index (χ1) is 11.4. The maximum Gasteiger partial charge on any atom is 0.321 e. The van der Waals surface area contributed by atoms with Crippen LogP contribution in [0.3, 0.4) is 0 Å². The summed E-state index contributed by atoms with van der Waals surface area (Å²) in [5.74, 6) is 0. The number of nitrogens with one attached hydrogen (secondary N) is 1. The van der Waals surface area contributed by atoms with E-state index in [0.29, 0.717) is 13.1 Å². The minimum absolute atomic E-state index is 0.0265. The number of nitrogens with zero attached hydrogens (tertiary/aromatic N) is 2. The fourth-order valence-corrected chi connectivity index (χ4v) is 3.04. The number of urea groups is 1. The highest BCUT2D eigenvalue weighted by molar-refractivity contribution is 5.89. The number of amides is 2. The highest BCUT2D eigenvalue weighted by Crippen LogP contribution is 2.34. The van der Waals surface area contributed by atoms with E-state index in [1.807, 2.05) is 38.1 Å². The molecule has 1 heterocycles. The van der Waals surface area contributed by atoms with Gasteiger partial charge < -0.3 is 15.3 Å². The smallest absolute Gasteiger partial charge is 0.321 e. The van der Waals surface area contributed by atoms with Gasteiger partial charge in [0.15, 0.2) is 0 Å². The van der Waals surface area contributed by atoms with Crippen LogP contribution in [0.5, 0.6) is 0 Å². The van der Waals surface area contributed by atoms with Gasteiger partial charge in [0.1, 0.15) is 0 Å². The van der Waals surface area contributed by atoms with Crippen LogP contribution < -0.4 is 5.32 Å². The molecule has 1 aromatic rings. The van der Waals surface area contributed by atoms with Gasteiger partial charge in [0.05, 0.1) is 11.5 Å². The Morgan fingerprint density at radius 1 is 1.33 bits per heavy atom. The molecule has 1 aromatic carbocycles. The van der Waals surface area contributed by atoms with Crippen LogP contribution in [0.25, 0.3) is 0 Å². The lowest BCUT2D eigenvalue weighted by Crippen LogP contribution is -2.46. The van der Waals surface area contributed by atoms with E-state index in [4.69, 9.17) is 0 Å². The van der Waals surface area contributed by atoms with Crippen LogP contribution >= 0.6 is 0 Å². The highest BCUT2D eigenvalue weighted by atomic mass is 16.3. The lowest BCUT2D eigenvalue weighted by molar-refractivity contribution is 0.0542. The number of anilines is 1. The molecule has 24 heavy (non-hydrogen) atoms. The molecule has 5 heteroatoms. The van der Waals surface area contributed by atoms with Crippen molar-refractivity contribution in [2.75, 3.05) is 25.0 Å².